The van der Waals surface area contributed by atoms with Crippen LogP contribution in [0.25, 0.3) is 0 Å². The van der Waals surface area contributed by atoms with Gasteiger partial charge in [-0.3, -0.25) is 0 Å². The van der Waals surface area contributed by atoms with E-state index in [9.17, 15) is 13.2 Å². The lowest BCUT2D eigenvalue weighted by Crippen LogP contribution is -2.52. The number of benzene rings is 2. The summed E-state index contributed by atoms with van der Waals surface area (Å²) in [5.41, 5.74) is 2.24. The number of amides is 1. The predicted octanol–water partition coefficient (Wildman–Crippen LogP) is 7.43. The molecule has 12 nitrogen and oxygen atoms in total. The van der Waals surface area contributed by atoms with Crippen molar-refractivity contribution in [2.75, 3.05) is 38.1 Å². The normalized spacial score (nSPS) is 18.2. The summed E-state index contributed by atoms with van der Waals surface area (Å²) in [4.78, 5) is 24.1. The second kappa shape index (κ2) is 13.2. The third-order valence-electron chi connectivity index (χ3n) is 8.42. The van der Waals surface area contributed by atoms with Gasteiger partial charge in [0.15, 0.2) is 17.3 Å². The number of nitrogens with zero attached hydrogens (tertiary/aromatic N) is 4. The van der Waals surface area contributed by atoms with Gasteiger partial charge in [0.1, 0.15) is 15.5 Å². The summed E-state index contributed by atoms with van der Waals surface area (Å²) in [6.07, 6.45) is 2.63. The lowest BCUT2D eigenvalue weighted by molar-refractivity contribution is -0.0102. The molecule has 1 saturated heterocycles. The molecule has 3 heterocycles. The Morgan fingerprint density at radius 3 is 2.42 bits per heavy atom. The van der Waals surface area contributed by atoms with E-state index in [2.05, 4.69) is 41.4 Å². The molecule has 14 heteroatoms. The molecule has 0 spiro atoms. The number of hydrogen-bond acceptors (Lipinski definition) is 10. The minimum Gasteiger partial charge on any atom is -0.453 e. The highest BCUT2D eigenvalue weighted by Gasteiger charge is 2.42. The van der Waals surface area contributed by atoms with Gasteiger partial charge in [-0.1, -0.05) is 44.5 Å². The molecule has 3 aromatic rings. The summed E-state index contributed by atoms with van der Waals surface area (Å²) in [6.45, 7) is 14.8. The van der Waals surface area contributed by atoms with Crippen LogP contribution in [-0.2, 0) is 14.8 Å². The summed E-state index contributed by atoms with van der Waals surface area (Å²) in [6, 6.07) is 8.47. The van der Waals surface area contributed by atoms with Gasteiger partial charge in [-0.15, -0.1) is 0 Å². The second-order valence-electron chi connectivity index (χ2n) is 14.4. The Balaban J connectivity index is 1.43. The standard InChI is InChI=1S/C34H45ClN6O6S/c1-20-16-24(38-31-36-18-22(35)30(39-31)37-23-12-10-11-13-25(23)48(43,44)40(8)9)28-29(46-19-45-28)27(20)21-14-15-41(26(17-21)33(2,3)4)32(42)47-34(5,6)7/h10-13,16,18,21,26H,14-15,17,19H2,1-9H3,(H2,36,37,38,39). The minimum atomic E-state index is -3.74. The molecule has 5 rings (SSSR count). The second-order valence-corrected chi connectivity index (χ2v) is 16.9. The first kappa shape index (κ1) is 35.5. The van der Waals surface area contributed by atoms with E-state index < -0.39 is 15.6 Å². The molecule has 0 aliphatic carbocycles. The quantitative estimate of drug-likeness (QED) is 0.256. The molecular formula is C34H45ClN6O6S. The summed E-state index contributed by atoms with van der Waals surface area (Å²) in [5, 5.41) is 6.52. The molecule has 1 amide bonds. The number of rotatable bonds is 7. The van der Waals surface area contributed by atoms with Crippen LogP contribution in [0.15, 0.2) is 41.4 Å². The molecular weight excluding hydrogens is 656 g/mol. The van der Waals surface area contributed by atoms with Crippen LogP contribution in [0.5, 0.6) is 11.5 Å². The zero-order valence-corrected chi connectivity index (χ0v) is 30.5. The zero-order valence-electron chi connectivity index (χ0n) is 29.0. The number of aryl methyl sites for hydroxylation is 1. The van der Waals surface area contributed by atoms with Crippen molar-refractivity contribution in [3.05, 3.63) is 52.7 Å². The Kier molecular flexibility index (Phi) is 9.79. The molecule has 260 valence electrons. The number of carbonyl (C=O) groups excluding carboxylic acids is 1. The van der Waals surface area contributed by atoms with Gasteiger partial charge in [0.25, 0.3) is 0 Å². The van der Waals surface area contributed by atoms with Gasteiger partial charge < -0.3 is 29.7 Å². The van der Waals surface area contributed by atoms with Crippen LogP contribution < -0.4 is 20.1 Å². The Hall–Kier alpha value is -3.81. The smallest absolute Gasteiger partial charge is 0.410 e. The van der Waals surface area contributed by atoms with Crippen LogP contribution in [0.2, 0.25) is 5.02 Å². The number of piperidine rings is 1. The van der Waals surface area contributed by atoms with Crippen LogP contribution in [0.1, 0.15) is 71.4 Å². The summed E-state index contributed by atoms with van der Waals surface area (Å²) < 4.78 is 44.9. The van der Waals surface area contributed by atoms with E-state index in [4.69, 9.17) is 25.8 Å². The fourth-order valence-electron chi connectivity index (χ4n) is 6.16. The van der Waals surface area contributed by atoms with Crippen molar-refractivity contribution < 1.29 is 27.4 Å². The Bertz CT molecular complexity index is 1800. The van der Waals surface area contributed by atoms with Crippen molar-refractivity contribution in [2.45, 2.75) is 83.8 Å². The first-order valence-corrected chi connectivity index (χ1v) is 17.7. The van der Waals surface area contributed by atoms with Crippen molar-refractivity contribution in [3.8, 4) is 11.5 Å². The van der Waals surface area contributed by atoms with Gasteiger partial charge in [-0.05, 0) is 75.6 Å². The largest absolute Gasteiger partial charge is 0.453 e. The lowest BCUT2D eigenvalue weighted by Gasteiger charge is -2.46. The Morgan fingerprint density at radius 2 is 1.75 bits per heavy atom. The maximum absolute atomic E-state index is 13.2. The van der Waals surface area contributed by atoms with Gasteiger partial charge in [0, 0.05) is 32.2 Å². The molecule has 2 aromatic carbocycles. The fourth-order valence-corrected chi connectivity index (χ4v) is 7.34. The molecule has 1 aromatic heterocycles. The van der Waals surface area contributed by atoms with E-state index in [0.29, 0.717) is 29.4 Å². The van der Waals surface area contributed by atoms with E-state index >= 15 is 0 Å². The highest BCUT2D eigenvalue weighted by Crippen LogP contribution is 2.51. The number of aromatic nitrogens is 2. The van der Waals surface area contributed by atoms with E-state index in [1.54, 1.807) is 18.2 Å². The van der Waals surface area contributed by atoms with Crippen molar-refractivity contribution in [1.29, 1.82) is 0 Å². The molecule has 0 saturated carbocycles. The molecule has 2 aliphatic heterocycles. The summed E-state index contributed by atoms with van der Waals surface area (Å²) in [7, 11) is -0.795. The van der Waals surface area contributed by atoms with E-state index in [1.807, 2.05) is 38.7 Å². The average Bonchev–Trinajstić information content (AvgIpc) is 3.47. The number of carbonyl (C=O) groups is 1. The number of ether oxygens (including phenoxy) is 3. The number of para-hydroxylation sites is 1. The van der Waals surface area contributed by atoms with Crippen molar-refractivity contribution >= 4 is 50.9 Å². The molecule has 2 N–H and O–H groups in total. The van der Waals surface area contributed by atoms with Crippen LogP contribution >= 0.6 is 11.6 Å². The third kappa shape index (κ3) is 7.42. The maximum atomic E-state index is 13.2. The Labute approximate surface area is 288 Å². The van der Waals surface area contributed by atoms with Crippen LogP contribution in [-0.4, -0.2) is 72.8 Å². The van der Waals surface area contributed by atoms with Gasteiger partial charge in [-0.25, -0.2) is 22.5 Å². The molecule has 0 radical (unpaired) electrons. The topological polar surface area (TPSA) is 135 Å². The van der Waals surface area contributed by atoms with Crippen molar-refractivity contribution in [1.82, 2.24) is 19.2 Å². The monoisotopic (exact) mass is 700 g/mol. The SMILES string of the molecule is Cc1cc(Nc2ncc(Cl)c(Nc3ccccc3S(=O)(=O)N(C)C)n2)c2c(c1C1CCN(C(=O)OC(C)(C)C)C(C(C)(C)C)C1)OCO2. The third-order valence-corrected chi connectivity index (χ3v) is 10.6. The molecule has 1 fully saturated rings. The van der Waals surface area contributed by atoms with Gasteiger partial charge in [0.05, 0.1) is 17.6 Å². The van der Waals surface area contributed by atoms with Crippen LogP contribution in [0.4, 0.5) is 27.9 Å². The van der Waals surface area contributed by atoms with E-state index in [0.717, 1.165) is 28.3 Å². The highest BCUT2D eigenvalue weighted by atomic mass is 35.5. The molecule has 0 bridgehead atoms. The number of likely N-dealkylation sites (tertiary alicyclic amines) is 1. The van der Waals surface area contributed by atoms with Crippen LogP contribution in [0.3, 0.4) is 0 Å². The van der Waals surface area contributed by atoms with E-state index in [1.165, 1.54) is 26.4 Å². The van der Waals surface area contributed by atoms with E-state index in [-0.39, 0.29) is 51.9 Å². The number of hydrogen-bond donors (Lipinski definition) is 2. The van der Waals surface area contributed by atoms with Gasteiger partial charge in [-0.2, -0.15) is 4.98 Å². The summed E-state index contributed by atoms with van der Waals surface area (Å²) >= 11 is 6.46. The predicted molar refractivity (Wildman–Crippen MR) is 186 cm³/mol. The number of anilines is 4. The Morgan fingerprint density at radius 1 is 1.06 bits per heavy atom. The number of fused-ring (bicyclic) bond motifs is 1. The number of sulfonamides is 1. The number of nitrogens with one attached hydrogen (secondary N) is 2. The molecule has 2 aliphatic rings. The highest BCUT2D eigenvalue weighted by molar-refractivity contribution is 7.89. The fraction of sp³-hybridized carbons (Fsp3) is 0.500. The average molecular weight is 701 g/mol. The number of halogens is 1. The summed E-state index contributed by atoms with van der Waals surface area (Å²) in [5.74, 6) is 1.78. The van der Waals surface area contributed by atoms with Crippen molar-refractivity contribution in [2.24, 2.45) is 5.41 Å². The first-order chi connectivity index (χ1) is 22.4. The van der Waals surface area contributed by atoms with Crippen LogP contribution in [0, 0.1) is 12.3 Å². The minimum absolute atomic E-state index is 0.0486. The maximum Gasteiger partial charge on any atom is 0.410 e. The first-order valence-electron chi connectivity index (χ1n) is 15.9. The molecule has 2 unspecified atom stereocenters. The van der Waals surface area contributed by atoms with Gasteiger partial charge in [0.2, 0.25) is 22.8 Å². The van der Waals surface area contributed by atoms with Gasteiger partial charge >= 0.3 is 6.09 Å². The zero-order chi connectivity index (χ0) is 35.2. The van der Waals surface area contributed by atoms with Crippen molar-refractivity contribution in [3.63, 3.8) is 0 Å². The molecule has 2 atom stereocenters. The molecule has 48 heavy (non-hydrogen) atoms. The lowest BCUT2D eigenvalue weighted by atomic mass is 9.74.